The number of anilines is 2. The molecule has 1 heterocycles. The van der Waals surface area contributed by atoms with Crippen LogP contribution in [0.4, 0.5) is 21.0 Å². The van der Waals surface area contributed by atoms with Crippen molar-refractivity contribution in [2.75, 3.05) is 25.2 Å². The summed E-state index contributed by atoms with van der Waals surface area (Å²) in [5.41, 5.74) is 12.4. The van der Waals surface area contributed by atoms with E-state index in [1.165, 1.54) is 7.11 Å². The summed E-state index contributed by atoms with van der Waals surface area (Å²) >= 11 is 0. The minimum absolute atomic E-state index is 0.0439. The summed E-state index contributed by atoms with van der Waals surface area (Å²) in [5, 5.41) is 0. The lowest BCUT2D eigenvalue weighted by atomic mass is 10.1. The molecule has 8 heteroatoms. The molecule has 4 N–H and O–H groups in total. The van der Waals surface area contributed by atoms with Gasteiger partial charge in [0.05, 0.1) is 13.7 Å². The first kappa shape index (κ1) is 15.5. The van der Waals surface area contributed by atoms with Gasteiger partial charge in [-0.1, -0.05) is 24.3 Å². The minimum Gasteiger partial charge on any atom is -0.438 e. The summed E-state index contributed by atoms with van der Waals surface area (Å²) in [4.78, 5) is 18.2. The van der Waals surface area contributed by atoms with Gasteiger partial charge in [-0.2, -0.15) is 4.98 Å². The van der Waals surface area contributed by atoms with Gasteiger partial charge in [0.1, 0.15) is 5.69 Å². The Morgan fingerprint density at radius 1 is 1.23 bits per heavy atom. The number of carbonyl (C=O) groups excluding carboxylic acids is 1. The molecule has 116 valence electrons. The summed E-state index contributed by atoms with van der Waals surface area (Å²) in [6.07, 6.45) is -0.225. The fraction of sp³-hybridized carbons (Fsp3) is 0.214. The van der Waals surface area contributed by atoms with Crippen LogP contribution in [0.1, 0.15) is 5.56 Å². The Kier molecular flexibility index (Phi) is 4.72. The topological polar surface area (TPSA) is 113 Å². The highest BCUT2D eigenvalue weighted by Crippen LogP contribution is 2.24. The number of hydrogen-bond acceptors (Lipinski definition) is 7. The normalized spacial score (nSPS) is 10.3. The van der Waals surface area contributed by atoms with E-state index < -0.39 is 12.0 Å². The number of halogens is 1. The number of rotatable bonds is 4. The van der Waals surface area contributed by atoms with Crippen LogP contribution in [0.2, 0.25) is 0 Å². The van der Waals surface area contributed by atoms with Crippen molar-refractivity contribution in [3.05, 3.63) is 35.6 Å². The van der Waals surface area contributed by atoms with Crippen LogP contribution in [-0.2, 0) is 15.9 Å². The molecule has 0 spiro atoms. The molecule has 22 heavy (non-hydrogen) atoms. The van der Waals surface area contributed by atoms with Crippen LogP contribution in [0, 0.1) is 5.82 Å². The zero-order chi connectivity index (χ0) is 16.1. The molecule has 0 aliphatic rings. The smallest absolute Gasteiger partial charge is 0.438 e. The molecule has 2 rings (SSSR count). The highest BCUT2D eigenvalue weighted by molar-refractivity contribution is 5.64. The third kappa shape index (κ3) is 3.60. The number of benzene rings is 1. The van der Waals surface area contributed by atoms with Crippen molar-refractivity contribution in [1.29, 1.82) is 0 Å². The lowest BCUT2D eigenvalue weighted by Gasteiger charge is -2.07. The van der Waals surface area contributed by atoms with E-state index in [0.29, 0.717) is 12.0 Å². The lowest BCUT2D eigenvalue weighted by Crippen LogP contribution is -2.07. The number of nitrogen functional groups attached to an aromatic ring is 2. The van der Waals surface area contributed by atoms with Gasteiger partial charge < -0.3 is 20.9 Å². The van der Waals surface area contributed by atoms with Crippen LogP contribution in [-0.4, -0.2) is 29.8 Å². The molecule has 0 unspecified atom stereocenters. The average Bonchev–Trinajstić information content (AvgIpc) is 2.51. The molecule has 0 saturated carbocycles. The molecule has 0 fully saturated rings. The molecule has 7 nitrogen and oxygen atoms in total. The van der Waals surface area contributed by atoms with Crippen molar-refractivity contribution in [1.82, 2.24) is 9.97 Å². The molecule has 0 aliphatic heterocycles. The van der Waals surface area contributed by atoms with Crippen molar-refractivity contribution in [2.24, 2.45) is 0 Å². The van der Waals surface area contributed by atoms with Crippen LogP contribution in [0.25, 0.3) is 11.3 Å². The van der Waals surface area contributed by atoms with Gasteiger partial charge in [-0.15, -0.1) is 0 Å². The van der Waals surface area contributed by atoms with E-state index in [0.717, 1.165) is 5.56 Å². The zero-order valence-corrected chi connectivity index (χ0v) is 11.9. The third-order valence-corrected chi connectivity index (χ3v) is 2.90. The SMILES string of the molecule is COC(=O)OCCc1ccc(-c2nc(N)nc(N)c2F)cc1. The standard InChI is InChI=1S/C14H15FN4O3/c1-21-14(20)22-7-6-8-2-4-9(5-3-8)11-10(15)12(16)19-13(17)18-11/h2-5H,6-7H2,1H3,(H4,16,17,18,19). The number of aromatic nitrogens is 2. The van der Waals surface area contributed by atoms with E-state index >= 15 is 0 Å². The van der Waals surface area contributed by atoms with Crippen LogP contribution >= 0.6 is 0 Å². The first-order chi connectivity index (χ1) is 10.5. The predicted molar refractivity (Wildman–Crippen MR) is 78.3 cm³/mol. The van der Waals surface area contributed by atoms with E-state index in [9.17, 15) is 9.18 Å². The second-order valence-electron chi connectivity index (χ2n) is 4.38. The predicted octanol–water partition coefficient (Wildman–Crippen LogP) is 1.77. The van der Waals surface area contributed by atoms with Crippen LogP contribution < -0.4 is 11.5 Å². The number of nitrogens with zero attached hydrogens (tertiary/aromatic N) is 2. The maximum absolute atomic E-state index is 13.9. The molecular weight excluding hydrogens is 291 g/mol. The van der Waals surface area contributed by atoms with Crippen molar-refractivity contribution in [3.8, 4) is 11.3 Å². The van der Waals surface area contributed by atoms with E-state index in [-0.39, 0.29) is 24.1 Å². The lowest BCUT2D eigenvalue weighted by molar-refractivity contribution is 0.0737. The minimum atomic E-state index is -0.731. The molecule has 1 aromatic carbocycles. The van der Waals surface area contributed by atoms with Crippen LogP contribution in [0.15, 0.2) is 24.3 Å². The Labute approximate surface area is 126 Å². The first-order valence-electron chi connectivity index (χ1n) is 6.39. The molecule has 0 radical (unpaired) electrons. The highest BCUT2D eigenvalue weighted by Gasteiger charge is 2.13. The molecular formula is C14H15FN4O3. The van der Waals surface area contributed by atoms with E-state index in [1.807, 2.05) is 0 Å². The Morgan fingerprint density at radius 3 is 2.55 bits per heavy atom. The van der Waals surface area contributed by atoms with E-state index in [1.54, 1.807) is 24.3 Å². The summed E-state index contributed by atoms with van der Waals surface area (Å²) in [5.74, 6) is -1.10. The Morgan fingerprint density at radius 2 is 1.91 bits per heavy atom. The summed E-state index contributed by atoms with van der Waals surface area (Å²) in [7, 11) is 1.24. The van der Waals surface area contributed by atoms with E-state index in [2.05, 4.69) is 14.7 Å². The van der Waals surface area contributed by atoms with Gasteiger partial charge in [0, 0.05) is 12.0 Å². The average molecular weight is 306 g/mol. The van der Waals surface area contributed by atoms with E-state index in [4.69, 9.17) is 16.2 Å². The maximum atomic E-state index is 13.9. The second-order valence-corrected chi connectivity index (χ2v) is 4.38. The van der Waals surface area contributed by atoms with Gasteiger partial charge in [0.25, 0.3) is 0 Å². The van der Waals surface area contributed by atoms with Gasteiger partial charge in [-0.25, -0.2) is 14.2 Å². The van der Waals surface area contributed by atoms with Crippen molar-refractivity contribution in [3.63, 3.8) is 0 Å². The molecule has 1 aromatic heterocycles. The Balaban J connectivity index is 2.11. The molecule has 0 amide bonds. The Hall–Kier alpha value is -2.90. The fourth-order valence-electron chi connectivity index (χ4n) is 1.81. The molecule has 2 aromatic rings. The van der Waals surface area contributed by atoms with Crippen LogP contribution in [0.3, 0.4) is 0 Å². The number of ether oxygens (including phenoxy) is 2. The molecule has 0 atom stereocenters. The monoisotopic (exact) mass is 306 g/mol. The van der Waals surface area contributed by atoms with Crippen molar-refractivity contribution < 1.29 is 18.7 Å². The van der Waals surface area contributed by atoms with Crippen LogP contribution in [0.5, 0.6) is 0 Å². The fourth-order valence-corrected chi connectivity index (χ4v) is 1.81. The van der Waals surface area contributed by atoms with Gasteiger partial charge in [-0.3, -0.25) is 0 Å². The number of hydrogen-bond donors (Lipinski definition) is 2. The largest absolute Gasteiger partial charge is 0.507 e. The summed E-state index contributed by atoms with van der Waals surface area (Å²) in [6, 6.07) is 6.89. The first-order valence-corrected chi connectivity index (χ1v) is 6.39. The van der Waals surface area contributed by atoms with Gasteiger partial charge in [0.15, 0.2) is 11.6 Å². The molecule has 0 bridgehead atoms. The van der Waals surface area contributed by atoms with Crippen molar-refractivity contribution >= 4 is 17.9 Å². The summed E-state index contributed by atoms with van der Waals surface area (Å²) < 4.78 is 23.1. The molecule has 0 saturated heterocycles. The molecule has 0 aliphatic carbocycles. The van der Waals surface area contributed by atoms with Crippen molar-refractivity contribution in [2.45, 2.75) is 6.42 Å². The maximum Gasteiger partial charge on any atom is 0.507 e. The van der Waals surface area contributed by atoms with Gasteiger partial charge in [0.2, 0.25) is 5.95 Å². The number of methoxy groups -OCH3 is 1. The second kappa shape index (κ2) is 6.70. The zero-order valence-electron chi connectivity index (χ0n) is 11.9. The summed E-state index contributed by atoms with van der Waals surface area (Å²) in [6.45, 7) is 0.188. The quantitative estimate of drug-likeness (QED) is 0.827. The highest BCUT2D eigenvalue weighted by atomic mass is 19.1. The van der Waals surface area contributed by atoms with Gasteiger partial charge in [-0.05, 0) is 5.56 Å². The third-order valence-electron chi connectivity index (χ3n) is 2.90. The number of carbonyl (C=O) groups is 1. The number of nitrogens with two attached hydrogens (primary N) is 2. The van der Waals surface area contributed by atoms with Gasteiger partial charge >= 0.3 is 6.16 Å². The Bertz CT molecular complexity index is 677.